The highest BCUT2D eigenvalue weighted by Crippen LogP contribution is 2.28. The largest absolute Gasteiger partial charge is 0.457 e. The Bertz CT molecular complexity index is 1490. The number of nitrogens with one attached hydrogen (secondary N) is 1. The predicted molar refractivity (Wildman–Crippen MR) is 158 cm³/mol. The maximum absolute atomic E-state index is 13.2. The van der Waals surface area contributed by atoms with Crippen LogP contribution in [0.5, 0.6) is 11.5 Å². The molecule has 9 heteroatoms. The number of hydrogen-bond acceptors (Lipinski definition) is 6. The molecule has 3 heterocycles. The van der Waals surface area contributed by atoms with Crippen LogP contribution in [-0.2, 0) is 27.5 Å². The van der Waals surface area contributed by atoms with Gasteiger partial charge < -0.3 is 24.6 Å². The van der Waals surface area contributed by atoms with Crippen LogP contribution < -0.4 is 15.0 Å². The van der Waals surface area contributed by atoms with Gasteiger partial charge in [0.15, 0.2) is 0 Å². The summed E-state index contributed by atoms with van der Waals surface area (Å²) in [6.07, 6.45) is 1.28. The van der Waals surface area contributed by atoms with E-state index in [-0.39, 0.29) is 36.4 Å². The lowest BCUT2D eigenvalue weighted by atomic mass is 10.1. The first-order valence-electron chi connectivity index (χ1n) is 14.5. The zero-order chi connectivity index (χ0) is 29.2. The molecule has 2 fully saturated rings. The first-order chi connectivity index (χ1) is 20.3. The van der Waals surface area contributed by atoms with Gasteiger partial charge in [-0.25, -0.2) is 0 Å². The van der Waals surface area contributed by atoms with E-state index >= 15 is 0 Å². The van der Waals surface area contributed by atoms with E-state index in [2.05, 4.69) is 22.3 Å². The van der Waals surface area contributed by atoms with Crippen molar-refractivity contribution < 1.29 is 23.9 Å². The SMILES string of the molecule is Cc1ccc2cc1Oc1cccc(c1)CO[C@H]1CN(Cc3ccc(N4CCCC4=O)cc3)C[C@@H]1NC(=O)CN(C)C2=O. The zero-order valence-electron chi connectivity index (χ0n) is 24.0. The quantitative estimate of drug-likeness (QED) is 0.516. The number of amides is 3. The highest BCUT2D eigenvalue weighted by molar-refractivity contribution is 5.97. The molecular weight excluding hydrogens is 532 g/mol. The predicted octanol–water partition coefficient (Wildman–Crippen LogP) is 3.89. The van der Waals surface area contributed by atoms with Gasteiger partial charge in [-0.05, 0) is 66.4 Å². The van der Waals surface area contributed by atoms with Crippen molar-refractivity contribution in [2.24, 2.45) is 0 Å². The Kier molecular flexibility index (Phi) is 7.95. The maximum atomic E-state index is 13.2. The second kappa shape index (κ2) is 12.0. The number of fused-ring (bicyclic) bond motifs is 5. The topological polar surface area (TPSA) is 91.4 Å². The molecule has 218 valence electrons. The molecule has 42 heavy (non-hydrogen) atoms. The summed E-state index contributed by atoms with van der Waals surface area (Å²) in [6.45, 7) is 4.96. The van der Waals surface area contributed by atoms with Crippen LogP contribution in [0.4, 0.5) is 5.69 Å². The van der Waals surface area contributed by atoms with Crippen molar-refractivity contribution >= 4 is 23.4 Å². The molecule has 3 amide bonds. The van der Waals surface area contributed by atoms with E-state index in [0.717, 1.165) is 35.3 Å². The fourth-order valence-corrected chi connectivity index (χ4v) is 5.88. The van der Waals surface area contributed by atoms with E-state index in [1.807, 2.05) is 54.3 Å². The summed E-state index contributed by atoms with van der Waals surface area (Å²) in [4.78, 5) is 43.9. The first kappa shape index (κ1) is 27.9. The van der Waals surface area contributed by atoms with Crippen molar-refractivity contribution in [1.82, 2.24) is 15.1 Å². The highest BCUT2D eigenvalue weighted by atomic mass is 16.5. The van der Waals surface area contributed by atoms with Gasteiger partial charge in [0.1, 0.15) is 11.5 Å². The Morgan fingerprint density at radius 2 is 1.81 bits per heavy atom. The molecule has 3 aliphatic heterocycles. The zero-order valence-corrected chi connectivity index (χ0v) is 24.0. The van der Waals surface area contributed by atoms with Crippen LogP contribution in [0.15, 0.2) is 66.7 Å². The van der Waals surface area contributed by atoms with Crippen molar-refractivity contribution in [3.8, 4) is 11.5 Å². The molecule has 0 aliphatic carbocycles. The van der Waals surface area contributed by atoms with Gasteiger partial charge in [-0.3, -0.25) is 19.3 Å². The molecule has 0 radical (unpaired) electrons. The van der Waals surface area contributed by atoms with Gasteiger partial charge in [0.05, 0.1) is 25.3 Å². The standard InChI is InChI=1S/C33H36N4O5/c1-22-8-11-25-16-29(22)42-27-6-3-5-24(15-27)21-41-30-19-36(18-28(30)34-31(38)20-35(2)33(25)40)17-23-9-12-26(13-10-23)37-14-4-7-32(37)39/h3,5-6,8-13,15-16,28,30H,4,7,14,17-21H2,1-2H3,(H,34,38)/t28-,30-/m0/s1. The molecule has 6 rings (SSSR count). The molecule has 0 spiro atoms. The van der Waals surface area contributed by atoms with Crippen LogP contribution in [0, 0.1) is 6.92 Å². The number of likely N-dealkylation sites (N-methyl/N-ethyl adjacent to an activating group) is 1. The van der Waals surface area contributed by atoms with Gasteiger partial charge in [0.25, 0.3) is 5.91 Å². The number of carbonyl (C=O) groups excluding carboxylic acids is 3. The summed E-state index contributed by atoms with van der Waals surface area (Å²) >= 11 is 0. The number of benzene rings is 3. The Balaban J connectivity index is 1.20. The normalized spacial score (nSPS) is 21.7. The molecule has 1 N–H and O–H groups in total. The van der Waals surface area contributed by atoms with Gasteiger partial charge >= 0.3 is 0 Å². The average Bonchev–Trinajstić information content (AvgIpc) is 3.58. The molecule has 0 saturated carbocycles. The summed E-state index contributed by atoms with van der Waals surface area (Å²) in [5.74, 6) is 0.950. The van der Waals surface area contributed by atoms with E-state index in [4.69, 9.17) is 9.47 Å². The lowest BCUT2D eigenvalue weighted by Crippen LogP contribution is -2.48. The number of rotatable bonds is 3. The number of likely N-dealkylation sites (tertiary alicyclic amines) is 1. The van der Waals surface area contributed by atoms with E-state index in [1.54, 1.807) is 19.2 Å². The molecule has 3 aromatic rings. The van der Waals surface area contributed by atoms with Gasteiger partial charge in [-0.1, -0.05) is 30.3 Å². The molecule has 2 atom stereocenters. The minimum Gasteiger partial charge on any atom is -0.457 e. The van der Waals surface area contributed by atoms with E-state index in [9.17, 15) is 14.4 Å². The van der Waals surface area contributed by atoms with Crippen molar-refractivity contribution in [1.29, 1.82) is 0 Å². The molecule has 3 aromatic carbocycles. The Morgan fingerprint density at radius 3 is 2.60 bits per heavy atom. The van der Waals surface area contributed by atoms with Crippen LogP contribution >= 0.6 is 0 Å². The molecule has 0 unspecified atom stereocenters. The molecule has 4 bridgehead atoms. The fraction of sp³-hybridized carbons (Fsp3) is 0.364. The Morgan fingerprint density at radius 1 is 0.976 bits per heavy atom. The van der Waals surface area contributed by atoms with Crippen molar-refractivity contribution in [2.75, 3.05) is 38.1 Å². The summed E-state index contributed by atoms with van der Waals surface area (Å²) in [5, 5.41) is 3.13. The van der Waals surface area contributed by atoms with Crippen molar-refractivity contribution in [3.63, 3.8) is 0 Å². The Labute approximate surface area is 246 Å². The van der Waals surface area contributed by atoms with E-state index in [1.165, 1.54) is 4.90 Å². The number of ether oxygens (including phenoxy) is 2. The molecule has 3 aliphatic rings. The third-order valence-electron chi connectivity index (χ3n) is 8.17. The molecule has 2 saturated heterocycles. The molecule has 0 aromatic heterocycles. The van der Waals surface area contributed by atoms with Gasteiger partial charge in [-0.2, -0.15) is 0 Å². The van der Waals surface area contributed by atoms with Crippen LogP contribution in [0.3, 0.4) is 0 Å². The van der Waals surface area contributed by atoms with Gasteiger partial charge in [0.2, 0.25) is 11.8 Å². The maximum Gasteiger partial charge on any atom is 0.254 e. The fourth-order valence-electron chi connectivity index (χ4n) is 5.88. The van der Waals surface area contributed by atoms with Gasteiger partial charge in [-0.15, -0.1) is 0 Å². The van der Waals surface area contributed by atoms with Crippen molar-refractivity contribution in [3.05, 3.63) is 89.0 Å². The highest BCUT2D eigenvalue weighted by Gasteiger charge is 2.35. The third-order valence-corrected chi connectivity index (χ3v) is 8.17. The second-order valence-electron chi connectivity index (χ2n) is 11.4. The Hall–Kier alpha value is -4.21. The first-order valence-corrected chi connectivity index (χ1v) is 14.5. The number of anilines is 1. The number of aryl methyl sites for hydroxylation is 1. The van der Waals surface area contributed by atoms with E-state index in [0.29, 0.717) is 49.7 Å². The second-order valence-corrected chi connectivity index (χ2v) is 11.4. The van der Waals surface area contributed by atoms with Crippen molar-refractivity contribution in [2.45, 2.75) is 45.1 Å². The lowest BCUT2D eigenvalue weighted by molar-refractivity contribution is -0.123. The van der Waals surface area contributed by atoms with Crippen LogP contribution in [-0.4, -0.2) is 72.9 Å². The monoisotopic (exact) mass is 568 g/mol. The summed E-state index contributed by atoms with van der Waals surface area (Å²) in [7, 11) is 1.63. The number of carbonyl (C=O) groups is 3. The number of nitrogens with zero attached hydrogens (tertiary/aromatic N) is 3. The smallest absolute Gasteiger partial charge is 0.254 e. The molecular formula is C33H36N4O5. The van der Waals surface area contributed by atoms with Crippen LogP contribution in [0.25, 0.3) is 0 Å². The van der Waals surface area contributed by atoms with Crippen LogP contribution in [0.2, 0.25) is 0 Å². The lowest BCUT2D eigenvalue weighted by Gasteiger charge is -2.23. The summed E-state index contributed by atoms with van der Waals surface area (Å²) < 4.78 is 12.6. The average molecular weight is 569 g/mol. The molecule has 9 nitrogen and oxygen atoms in total. The summed E-state index contributed by atoms with van der Waals surface area (Å²) in [5.41, 5.74) is 4.39. The third kappa shape index (κ3) is 6.17. The minimum atomic E-state index is -0.254. The van der Waals surface area contributed by atoms with Crippen LogP contribution in [0.1, 0.15) is 39.9 Å². The summed E-state index contributed by atoms with van der Waals surface area (Å²) in [6, 6.07) is 21.0. The van der Waals surface area contributed by atoms with Gasteiger partial charge in [0, 0.05) is 50.9 Å². The van der Waals surface area contributed by atoms with E-state index < -0.39 is 0 Å². The minimum absolute atomic E-state index is 0.0676. The number of hydrogen-bond donors (Lipinski definition) is 1.